The molecule has 1 aliphatic carbocycles. The van der Waals surface area contributed by atoms with Crippen LogP contribution in [0.4, 0.5) is 0 Å². The van der Waals surface area contributed by atoms with Gasteiger partial charge in [0, 0.05) is 9.75 Å². The summed E-state index contributed by atoms with van der Waals surface area (Å²) in [5, 5.41) is 13.8. The largest absolute Gasteiger partial charge is 0.481 e. The molecule has 1 atom stereocenters. The highest BCUT2D eigenvalue weighted by molar-refractivity contribution is 7.14. The second kappa shape index (κ2) is 5.99. The van der Waals surface area contributed by atoms with E-state index in [4.69, 9.17) is 5.11 Å². The van der Waals surface area contributed by atoms with Gasteiger partial charge in [-0.2, -0.15) is 0 Å². The summed E-state index contributed by atoms with van der Waals surface area (Å²) in [7, 11) is 0. The van der Waals surface area contributed by atoms with Crippen molar-refractivity contribution < 1.29 is 14.7 Å². The third-order valence-electron chi connectivity index (χ3n) is 3.54. The molecule has 0 spiro atoms. The van der Waals surface area contributed by atoms with Crippen molar-refractivity contribution in [2.75, 3.05) is 0 Å². The average Bonchev–Trinajstić information content (AvgIpc) is 3.13. The van der Waals surface area contributed by atoms with Crippen LogP contribution in [0.15, 0.2) is 23.6 Å². The molecule has 0 saturated heterocycles. The Morgan fingerprint density at radius 3 is 2.90 bits per heavy atom. The normalized spacial score (nSPS) is 14.7. The molecule has 0 fully saturated rings. The van der Waals surface area contributed by atoms with Gasteiger partial charge in [-0.1, -0.05) is 6.07 Å². The van der Waals surface area contributed by atoms with Crippen molar-refractivity contribution in [3.05, 3.63) is 43.8 Å². The van der Waals surface area contributed by atoms with Crippen molar-refractivity contribution in [3.8, 4) is 0 Å². The molecule has 2 N–H and O–H groups in total. The first-order valence-corrected chi connectivity index (χ1v) is 8.51. The summed E-state index contributed by atoms with van der Waals surface area (Å²) in [6, 6.07) is 5.20. The topological polar surface area (TPSA) is 66.4 Å². The molecule has 0 bridgehead atoms. The first kappa shape index (κ1) is 14.3. The van der Waals surface area contributed by atoms with E-state index in [2.05, 4.69) is 5.32 Å². The Balaban J connectivity index is 1.75. The van der Waals surface area contributed by atoms with Crippen LogP contribution in [-0.2, 0) is 17.6 Å². The summed E-state index contributed by atoms with van der Waals surface area (Å²) < 4.78 is 0. The van der Waals surface area contributed by atoms with Crippen molar-refractivity contribution >= 4 is 34.6 Å². The van der Waals surface area contributed by atoms with Crippen molar-refractivity contribution in [1.29, 1.82) is 0 Å². The van der Waals surface area contributed by atoms with Crippen LogP contribution in [0.2, 0.25) is 0 Å². The van der Waals surface area contributed by atoms with E-state index >= 15 is 0 Å². The van der Waals surface area contributed by atoms with Gasteiger partial charge in [-0.05, 0) is 42.3 Å². The lowest BCUT2D eigenvalue weighted by atomic mass is 10.1. The van der Waals surface area contributed by atoms with Crippen LogP contribution < -0.4 is 5.32 Å². The second-order valence-corrected chi connectivity index (χ2v) is 7.17. The number of rotatable bonds is 5. The standard InChI is InChI=1S/C15H15NO3S2/c17-14(18)8-10(12-5-2-6-20-12)16-15(19)13-7-9-3-1-4-11(9)21-13/h2,5-7,10H,1,3-4,8H2,(H,16,19)(H,17,18)/t10-/m0/s1. The summed E-state index contributed by atoms with van der Waals surface area (Å²) in [6.45, 7) is 0. The Kier molecular flexibility index (Phi) is 4.07. The van der Waals surface area contributed by atoms with Crippen LogP contribution in [0, 0.1) is 0 Å². The van der Waals surface area contributed by atoms with Gasteiger partial charge in [0.15, 0.2) is 0 Å². The highest BCUT2D eigenvalue weighted by Crippen LogP contribution is 2.31. The molecule has 1 amide bonds. The third-order valence-corrected chi connectivity index (χ3v) is 5.76. The van der Waals surface area contributed by atoms with Crippen LogP contribution >= 0.6 is 22.7 Å². The third kappa shape index (κ3) is 3.16. The molecule has 21 heavy (non-hydrogen) atoms. The molecular weight excluding hydrogens is 306 g/mol. The molecule has 0 aromatic carbocycles. The Hall–Kier alpha value is -1.66. The number of fused-ring (bicyclic) bond motifs is 1. The van der Waals surface area contributed by atoms with Crippen molar-refractivity contribution in [2.45, 2.75) is 31.7 Å². The number of carboxylic acid groups (broad SMARTS) is 1. The number of carbonyl (C=O) groups excluding carboxylic acids is 1. The summed E-state index contributed by atoms with van der Waals surface area (Å²) in [5.41, 5.74) is 1.27. The molecule has 2 heterocycles. The maximum absolute atomic E-state index is 12.3. The fourth-order valence-corrected chi connectivity index (χ4v) is 4.49. The Bertz CT molecular complexity index is 639. The number of amides is 1. The van der Waals surface area contributed by atoms with Gasteiger partial charge in [0.25, 0.3) is 5.91 Å². The van der Waals surface area contributed by atoms with Crippen LogP contribution in [0.5, 0.6) is 0 Å². The van der Waals surface area contributed by atoms with Crippen molar-refractivity contribution in [2.24, 2.45) is 0 Å². The van der Waals surface area contributed by atoms with Gasteiger partial charge in [0.2, 0.25) is 0 Å². The van der Waals surface area contributed by atoms with Gasteiger partial charge in [0.05, 0.1) is 17.3 Å². The van der Waals surface area contributed by atoms with Gasteiger partial charge < -0.3 is 10.4 Å². The fraction of sp³-hybridized carbons (Fsp3) is 0.333. The second-order valence-electron chi connectivity index (χ2n) is 5.05. The number of carbonyl (C=O) groups is 2. The van der Waals surface area contributed by atoms with Crippen LogP contribution in [0.3, 0.4) is 0 Å². The van der Waals surface area contributed by atoms with E-state index in [-0.39, 0.29) is 12.3 Å². The quantitative estimate of drug-likeness (QED) is 0.888. The number of carboxylic acids is 1. The van der Waals surface area contributed by atoms with Gasteiger partial charge in [-0.25, -0.2) is 0 Å². The summed E-state index contributed by atoms with van der Waals surface area (Å²) >= 11 is 2.99. The Labute approximate surface area is 130 Å². The molecule has 3 rings (SSSR count). The van der Waals surface area contributed by atoms with E-state index in [1.807, 2.05) is 23.6 Å². The first-order chi connectivity index (χ1) is 10.1. The maximum atomic E-state index is 12.3. The molecule has 6 heteroatoms. The molecule has 2 aromatic heterocycles. The number of hydrogen-bond acceptors (Lipinski definition) is 4. The minimum atomic E-state index is -0.914. The molecule has 110 valence electrons. The lowest BCUT2D eigenvalue weighted by Gasteiger charge is -2.14. The average molecular weight is 321 g/mol. The van der Waals surface area contributed by atoms with Crippen molar-refractivity contribution in [3.63, 3.8) is 0 Å². The number of hydrogen-bond donors (Lipinski definition) is 2. The number of aryl methyl sites for hydroxylation is 2. The molecular formula is C15H15NO3S2. The summed E-state index contributed by atoms with van der Waals surface area (Å²) in [6.07, 6.45) is 3.16. The monoisotopic (exact) mass is 321 g/mol. The van der Waals surface area contributed by atoms with Gasteiger partial charge in [0.1, 0.15) is 0 Å². The van der Waals surface area contributed by atoms with E-state index in [0.717, 1.165) is 17.7 Å². The van der Waals surface area contributed by atoms with Crippen LogP contribution in [0.25, 0.3) is 0 Å². The molecule has 0 radical (unpaired) electrons. The minimum Gasteiger partial charge on any atom is -0.481 e. The number of aliphatic carboxylic acids is 1. The molecule has 1 aliphatic rings. The number of thiophene rings is 2. The Morgan fingerprint density at radius 1 is 1.38 bits per heavy atom. The maximum Gasteiger partial charge on any atom is 0.305 e. The Morgan fingerprint density at radius 2 is 2.24 bits per heavy atom. The van der Waals surface area contributed by atoms with E-state index < -0.39 is 12.0 Å². The van der Waals surface area contributed by atoms with E-state index in [0.29, 0.717) is 4.88 Å². The predicted octanol–water partition coefficient (Wildman–Crippen LogP) is 3.24. The lowest BCUT2D eigenvalue weighted by molar-refractivity contribution is -0.137. The van der Waals surface area contributed by atoms with E-state index in [1.54, 1.807) is 0 Å². The lowest BCUT2D eigenvalue weighted by Crippen LogP contribution is -2.29. The SMILES string of the molecule is O=C(O)C[C@H](NC(=O)c1cc2c(s1)CCC2)c1cccs1. The predicted molar refractivity (Wildman–Crippen MR) is 83.1 cm³/mol. The zero-order chi connectivity index (χ0) is 14.8. The molecule has 4 nitrogen and oxygen atoms in total. The van der Waals surface area contributed by atoms with Crippen molar-refractivity contribution in [1.82, 2.24) is 5.32 Å². The molecule has 2 aromatic rings. The first-order valence-electron chi connectivity index (χ1n) is 6.81. The van der Waals surface area contributed by atoms with E-state index in [1.165, 1.54) is 39.5 Å². The highest BCUT2D eigenvalue weighted by atomic mass is 32.1. The highest BCUT2D eigenvalue weighted by Gasteiger charge is 2.23. The minimum absolute atomic E-state index is 0.0999. The fourth-order valence-electron chi connectivity index (χ4n) is 2.56. The zero-order valence-electron chi connectivity index (χ0n) is 11.3. The smallest absolute Gasteiger partial charge is 0.305 e. The molecule has 0 unspecified atom stereocenters. The molecule has 0 aliphatic heterocycles. The van der Waals surface area contributed by atoms with Crippen LogP contribution in [0.1, 0.15) is 43.9 Å². The van der Waals surface area contributed by atoms with Crippen LogP contribution in [-0.4, -0.2) is 17.0 Å². The van der Waals surface area contributed by atoms with Gasteiger partial charge in [-0.3, -0.25) is 9.59 Å². The number of nitrogens with one attached hydrogen (secondary N) is 1. The van der Waals surface area contributed by atoms with Gasteiger partial charge >= 0.3 is 5.97 Å². The zero-order valence-corrected chi connectivity index (χ0v) is 12.9. The summed E-state index contributed by atoms with van der Waals surface area (Å²) in [4.78, 5) is 26.2. The van der Waals surface area contributed by atoms with Gasteiger partial charge in [-0.15, -0.1) is 22.7 Å². The molecule has 0 saturated carbocycles. The summed E-state index contributed by atoms with van der Waals surface area (Å²) in [5.74, 6) is -1.09. The van der Waals surface area contributed by atoms with E-state index in [9.17, 15) is 9.59 Å².